The molecule has 0 saturated carbocycles. The quantitative estimate of drug-likeness (QED) is 0.874. The molecule has 1 saturated heterocycles. The van der Waals surface area contributed by atoms with Crippen LogP contribution in [0.2, 0.25) is 0 Å². The number of likely N-dealkylation sites (tertiary alicyclic amines) is 1. The first kappa shape index (κ1) is 16.9. The predicted molar refractivity (Wildman–Crippen MR) is 93.3 cm³/mol. The molecule has 0 spiro atoms. The molecule has 6 heteroatoms. The van der Waals surface area contributed by atoms with Crippen molar-refractivity contribution in [2.45, 2.75) is 19.3 Å². The Hall–Kier alpha value is -1.92. The molecule has 128 valence electrons. The Labute approximate surface area is 145 Å². The summed E-state index contributed by atoms with van der Waals surface area (Å²) in [5, 5.41) is 11.7. The maximum absolute atomic E-state index is 12.5. The fraction of sp³-hybridized carbons (Fsp3) is 0.444. The monoisotopic (exact) mass is 346 g/mol. The zero-order chi connectivity index (χ0) is 16.8. The van der Waals surface area contributed by atoms with Crippen LogP contribution < -0.4 is 4.74 Å². The number of rotatable bonds is 6. The normalized spacial score (nSPS) is 20.8. The van der Waals surface area contributed by atoms with Gasteiger partial charge in [0, 0.05) is 23.9 Å². The van der Waals surface area contributed by atoms with Crippen molar-refractivity contribution in [1.82, 2.24) is 9.88 Å². The zero-order valence-corrected chi connectivity index (χ0v) is 14.4. The summed E-state index contributed by atoms with van der Waals surface area (Å²) in [5.74, 6) is 0.787. The highest BCUT2D eigenvalue weighted by atomic mass is 32.1. The summed E-state index contributed by atoms with van der Waals surface area (Å²) in [5.41, 5.74) is 1.87. The van der Waals surface area contributed by atoms with Gasteiger partial charge < -0.3 is 14.7 Å². The van der Waals surface area contributed by atoms with Gasteiger partial charge in [-0.15, -0.1) is 11.3 Å². The van der Waals surface area contributed by atoms with Gasteiger partial charge in [-0.05, 0) is 31.4 Å². The highest BCUT2D eigenvalue weighted by Gasteiger charge is 2.37. The Balaban J connectivity index is 1.60. The van der Waals surface area contributed by atoms with Gasteiger partial charge in [0.25, 0.3) is 5.91 Å². The molecule has 1 aliphatic heterocycles. The molecule has 1 aromatic heterocycles. The van der Waals surface area contributed by atoms with Crippen molar-refractivity contribution in [1.29, 1.82) is 0 Å². The summed E-state index contributed by atoms with van der Waals surface area (Å²) in [7, 11) is 0. The molecule has 1 atom stereocenters. The van der Waals surface area contributed by atoms with Crippen molar-refractivity contribution in [3.63, 3.8) is 0 Å². The van der Waals surface area contributed by atoms with E-state index in [0.717, 1.165) is 31.6 Å². The van der Waals surface area contributed by atoms with Crippen molar-refractivity contribution >= 4 is 17.2 Å². The summed E-state index contributed by atoms with van der Waals surface area (Å²) in [6.07, 6.45) is 2.52. The van der Waals surface area contributed by atoms with Crippen LogP contribution in [0, 0.1) is 5.41 Å². The Morgan fingerprint density at radius 3 is 2.92 bits per heavy atom. The standard InChI is InChI=1S/C18H22N2O3S/c21-13-18(8-10-23-15-5-2-1-3-6-15)7-4-9-20(12-18)17(22)16-11-24-14-19-16/h1-3,5-6,11,14,21H,4,7-10,12-13H2/t18-/m1/s1. The van der Waals surface area contributed by atoms with Gasteiger partial charge in [0.15, 0.2) is 0 Å². The van der Waals surface area contributed by atoms with E-state index in [2.05, 4.69) is 4.98 Å². The van der Waals surface area contributed by atoms with E-state index in [1.807, 2.05) is 35.2 Å². The summed E-state index contributed by atoms with van der Waals surface area (Å²) in [4.78, 5) is 18.4. The molecule has 24 heavy (non-hydrogen) atoms. The third kappa shape index (κ3) is 3.94. The van der Waals surface area contributed by atoms with Crippen LogP contribution in [-0.4, -0.2) is 47.2 Å². The molecule has 1 fully saturated rings. The van der Waals surface area contributed by atoms with Gasteiger partial charge in [-0.25, -0.2) is 4.98 Å². The number of carbonyl (C=O) groups is 1. The van der Waals surface area contributed by atoms with Crippen LogP contribution >= 0.6 is 11.3 Å². The minimum absolute atomic E-state index is 0.0437. The number of amides is 1. The second kappa shape index (κ2) is 7.77. The van der Waals surface area contributed by atoms with E-state index in [4.69, 9.17) is 4.74 Å². The molecule has 0 unspecified atom stereocenters. The lowest BCUT2D eigenvalue weighted by molar-refractivity contribution is 0.0153. The number of aromatic nitrogens is 1. The van der Waals surface area contributed by atoms with E-state index in [-0.39, 0.29) is 17.9 Å². The Morgan fingerprint density at radius 1 is 1.38 bits per heavy atom. The van der Waals surface area contributed by atoms with Gasteiger partial charge in [0.1, 0.15) is 11.4 Å². The van der Waals surface area contributed by atoms with Crippen molar-refractivity contribution in [3.8, 4) is 5.75 Å². The van der Waals surface area contributed by atoms with Crippen LogP contribution in [0.1, 0.15) is 29.8 Å². The van der Waals surface area contributed by atoms with E-state index in [0.29, 0.717) is 18.8 Å². The number of ether oxygens (including phenoxy) is 1. The molecule has 5 nitrogen and oxygen atoms in total. The van der Waals surface area contributed by atoms with Crippen LogP contribution in [0.25, 0.3) is 0 Å². The molecule has 1 N–H and O–H groups in total. The van der Waals surface area contributed by atoms with Crippen LogP contribution in [0.4, 0.5) is 0 Å². The van der Waals surface area contributed by atoms with Gasteiger partial charge in [-0.3, -0.25) is 4.79 Å². The summed E-state index contributed by atoms with van der Waals surface area (Å²) in [6, 6.07) is 9.66. The number of hydrogen-bond donors (Lipinski definition) is 1. The summed E-state index contributed by atoms with van der Waals surface area (Å²) in [6.45, 7) is 1.87. The summed E-state index contributed by atoms with van der Waals surface area (Å²) < 4.78 is 5.78. The molecule has 1 aromatic carbocycles. The fourth-order valence-corrected chi connectivity index (χ4v) is 3.70. The predicted octanol–water partition coefficient (Wildman–Crippen LogP) is 2.83. The molecule has 2 heterocycles. The zero-order valence-electron chi connectivity index (χ0n) is 13.6. The van der Waals surface area contributed by atoms with E-state index in [1.165, 1.54) is 11.3 Å². The number of aliphatic hydroxyl groups is 1. The van der Waals surface area contributed by atoms with Crippen molar-refractivity contribution in [2.75, 3.05) is 26.3 Å². The molecular formula is C18H22N2O3S. The average Bonchev–Trinajstić information content (AvgIpc) is 3.17. The summed E-state index contributed by atoms with van der Waals surface area (Å²) >= 11 is 1.42. The van der Waals surface area contributed by atoms with Gasteiger partial charge >= 0.3 is 0 Å². The van der Waals surface area contributed by atoms with Gasteiger partial charge in [0.05, 0.1) is 18.7 Å². The lowest BCUT2D eigenvalue weighted by Gasteiger charge is -2.41. The molecule has 0 aliphatic carbocycles. The number of para-hydroxylation sites is 1. The number of hydrogen-bond acceptors (Lipinski definition) is 5. The number of aliphatic hydroxyl groups excluding tert-OH is 1. The van der Waals surface area contributed by atoms with Crippen LogP contribution in [-0.2, 0) is 0 Å². The first-order valence-corrected chi connectivity index (χ1v) is 9.13. The SMILES string of the molecule is O=C(c1cscn1)N1CCC[C@@](CO)(CCOc2ccccc2)C1. The first-order chi connectivity index (χ1) is 11.7. The number of thiazole rings is 1. The molecule has 1 aliphatic rings. The van der Waals surface area contributed by atoms with E-state index in [1.54, 1.807) is 10.9 Å². The Kier molecular flexibility index (Phi) is 5.48. The third-order valence-corrected chi connectivity index (χ3v) is 5.17. The minimum atomic E-state index is -0.293. The number of carbonyl (C=O) groups excluding carboxylic acids is 1. The van der Waals surface area contributed by atoms with Crippen molar-refractivity contribution in [3.05, 3.63) is 46.9 Å². The van der Waals surface area contributed by atoms with Crippen LogP contribution in [0.3, 0.4) is 0 Å². The lowest BCUT2D eigenvalue weighted by atomic mass is 9.78. The van der Waals surface area contributed by atoms with E-state index in [9.17, 15) is 9.90 Å². The van der Waals surface area contributed by atoms with Crippen LogP contribution in [0.5, 0.6) is 5.75 Å². The van der Waals surface area contributed by atoms with Gasteiger partial charge in [-0.2, -0.15) is 0 Å². The van der Waals surface area contributed by atoms with E-state index >= 15 is 0 Å². The fourth-order valence-electron chi connectivity index (χ4n) is 3.18. The maximum Gasteiger partial charge on any atom is 0.273 e. The number of benzene rings is 1. The second-order valence-electron chi connectivity index (χ2n) is 6.27. The smallest absolute Gasteiger partial charge is 0.273 e. The topological polar surface area (TPSA) is 62.7 Å². The largest absolute Gasteiger partial charge is 0.494 e. The molecule has 2 aromatic rings. The molecule has 0 bridgehead atoms. The minimum Gasteiger partial charge on any atom is -0.494 e. The van der Waals surface area contributed by atoms with Gasteiger partial charge in [-0.1, -0.05) is 18.2 Å². The van der Waals surface area contributed by atoms with Gasteiger partial charge in [0.2, 0.25) is 0 Å². The molecule has 1 amide bonds. The molecular weight excluding hydrogens is 324 g/mol. The molecule has 3 rings (SSSR count). The highest BCUT2D eigenvalue weighted by molar-refractivity contribution is 7.07. The van der Waals surface area contributed by atoms with E-state index < -0.39 is 0 Å². The molecule has 0 radical (unpaired) electrons. The Morgan fingerprint density at radius 2 is 2.21 bits per heavy atom. The highest BCUT2D eigenvalue weighted by Crippen LogP contribution is 2.34. The third-order valence-electron chi connectivity index (χ3n) is 4.58. The van der Waals surface area contributed by atoms with Crippen molar-refractivity contribution in [2.24, 2.45) is 5.41 Å². The number of nitrogens with zero attached hydrogens (tertiary/aromatic N) is 2. The number of piperidine rings is 1. The van der Waals surface area contributed by atoms with Crippen LogP contribution in [0.15, 0.2) is 41.2 Å². The lowest BCUT2D eigenvalue weighted by Crippen LogP contribution is -2.48. The first-order valence-electron chi connectivity index (χ1n) is 8.19. The maximum atomic E-state index is 12.5. The Bertz CT molecular complexity index is 648. The second-order valence-corrected chi connectivity index (χ2v) is 6.99. The van der Waals surface area contributed by atoms with Crippen molar-refractivity contribution < 1.29 is 14.6 Å². The average molecular weight is 346 g/mol.